The smallest absolute Gasteiger partial charge is 0.254 e. The van der Waals surface area contributed by atoms with E-state index in [0.717, 1.165) is 17.5 Å². The molecule has 42 heavy (non-hydrogen) atoms. The molecule has 0 radical (unpaired) electrons. The Hall–Kier alpha value is -3.27. The number of carbonyl (C=O) groups excluding carboxylic acids is 3. The number of aliphatic hydroxyl groups is 1. The van der Waals surface area contributed by atoms with Gasteiger partial charge in [-0.15, -0.1) is 0 Å². The maximum Gasteiger partial charge on any atom is 0.254 e. The van der Waals surface area contributed by atoms with E-state index in [4.69, 9.17) is 9.47 Å². The van der Waals surface area contributed by atoms with Crippen LogP contribution in [0.15, 0.2) is 48.5 Å². The molecule has 3 N–H and O–H groups in total. The second-order valence-electron chi connectivity index (χ2n) is 11.0. The van der Waals surface area contributed by atoms with Gasteiger partial charge in [0.1, 0.15) is 6.10 Å². The summed E-state index contributed by atoms with van der Waals surface area (Å²) >= 11 is 0. The third-order valence-electron chi connectivity index (χ3n) is 6.77. The summed E-state index contributed by atoms with van der Waals surface area (Å²) in [4.78, 5) is 41.9. The van der Waals surface area contributed by atoms with Crippen LogP contribution in [0.3, 0.4) is 0 Å². The Labute approximate surface area is 251 Å². The molecule has 9 nitrogen and oxygen atoms in total. The van der Waals surface area contributed by atoms with Crippen molar-refractivity contribution in [3.63, 3.8) is 0 Å². The monoisotopic (exact) mass is 583 g/mol. The number of carbonyl (C=O) groups is 3. The maximum atomic E-state index is 14.2. The van der Waals surface area contributed by atoms with Crippen molar-refractivity contribution < 1.29 is 29.0 Å². The first-order valence-corrected chi connectivity index (χ1v) is 14.9. The Morgan fingerprint density at radius 2 is 1.64 bits per heavy atom. The Kier molecular flexibility index (Phi) is 15.2. The van der Waals surface area contributed by atoms with Gasteiger partial charge in [-0.25, -0.2) is 0 Å². The van der Waals surface area contributed by atoms with Crippen LogP contribution in [0, 0.1) is 12.8 Å². The van der Waals surface area contributed by atoms with Gasteiger partial charge in [0.2, 0.25) is 0 Å². The molecule has 0 aromatic heterocycles. The molecular weight excluding hydrogens is 534 g/mol. The van der Waals surface area contributed by atoms with Crippen LogP contribution in [0.4, 0.5) is 0 Å². The van der Waals surface area contributed by atoms with E-state index in [2.05, 4.69) is 10.6 Å². The zero-order chi connectivity index (χ0) is 31.1. The lowest BCUT2D eigenvalue weighted by molar-refractivity contribution is -0.146. The summed E-state index contributed by atoms with van der Waals surface area (Å²) < 4.78 is 11.0. The summed E-state index contributed by atoms with van der Waals surface area (Å²) in [5.41, 5.74) is 2.42. The summed E-state index contributed by atoms with van der Waals surface area (Å²) in [7, 11) is 1.53. The number of rotatable bonds is 18. The largest absolute Gasteiger partial charge is 0.388 e. The molecule has 0 heterocycles. The molecule has 0 saturated carbocycles. The number of benzene rings is 2. The van der Waals surface area contributed by atoms with Crippen molar-refractivity contribution in [2.45, 2.75) is 72.1 Å². The predicted octanol–water partition coefficient (Wildman–Crippen LogP) is 3.76. The first-order valence-electron chi connectivity index (χ1n) is 14.9. The van der Waals surface area contributed by atoms with Crippen LogP contribution in [-0.4, -0.2) is 85.9 Å². The number of amides is 3. The van der Waals surface area contributed by atoms with Crippen LogP contribution in [-0.2, 0) is 20.7 Å². The molecule has 0 aliphatic rings. The molecule has 0 aliphatic heterocycles. The minimum atomic E-state index is -1.35. The number of aryl methyl sites for hydroxylation is 1. The molecule has 2 aromatic carbocycles. The van der Waals surface area contributed by atoms with Crippen LogP contribution in [0.2, 0.25) is 0 Å². The van der Waals surface area contributed by atoms with E-state index in [9.17, 15) is 19.5 Å². The van der Waals surface area contributed by atoms with Crippen LogP contribution in [0.25, 0.3) is 0 Å². The Bertz CT molecular complexity index is 1120. The molecule has 3 amide bonds. The molecule has 0 saturated heterocycles. The second-order valence-corrected chi connectivity index (χ2v) is 11.0. The van der Waals surface area contributed by atoms with Crippen molar-refractivity contribution in [2.75, 3.05) is 40.0 Å². The van der Waals surface area contributed by atoms with Crippen molar-refractivity contribution >= 4 is 17.7 Å². The number of nitrogens with one attached hydrogen (secondary N) is 2. The van der Waals surface area contributed by atoms with Crippen LogP contribution in [0.5, 0.6) is 0 Å². The zero-order valence-corrected chi connectivity index (χ0v) is 26.0. The molecule has 0 aliphatic carbocycles. The molecule has 0 bridgehead atoms. The lowest BCUT2D eigenvalue weighted by Crippen LogP contribution is -2.57. The predicted molar refractivity (Wildman–Crippen MR) is 165 cm³/mol. The van der Waals surface area contributed by atoms with Crippen molar-refractivity contribution in [1.29, 1.82) is 0 Å². The van der Waals surface area contributed by atoms with Crippen LogP contribution >= 0.6 is 0 Å². The summed E-state index contributed by atoms with van der Waals surface area (Å²) in [6.07, 6.45) is -0.862. The van der Waals surface area contributed by atoms with Crippen molar-refractivity contribution in [3.05, 3.63) is 70.8 Å². The minimum absolute atomic E-state index is 0.0984. The van der Waals surface area contributed by atoms with E-state index in [1.165, 1.54) is 7.11 Å². The van der Waals surface area contributed by atoms with Crippen molar-refractivity contribution in [1.82, 2.24) is 15.5 Å². The zero-order valence-electron chi connectivity index (χ0n) is 26.0. The minimum Gasteiger partial charge on any atom is -0.388 e. The number of ether oxygens (including phenoxy) is 2. The highest BCUT2D eigenvalue weighted by Gasteiger charge is 2.39. The number of aliphatic hydroxyl groups excluding tert-OH is 1. The summed E-state index contributed by atoms with van der Waals surface area (Å²) in [6, 6.07) is 13.8. The fraction of sp³-hybridized carbons (Fsp3) is 0.545. The van der Waals surface area contributed by atoms with Gasteiger partial charge in [-0.1, -0.05) is 58.0 Å². The molecule has 0 fully saturated rings. The first-order chi connectivity index (χ1) is 20.1. The average molecular weight is 584 g/mol. The van der Waals surface area contributed by atoms with Gasteiger partial charge < -0.3 is 30.1 Å². The SMILES string of the molecule is CCCNC(=O)c1cc(C)cc(C(=O)N(CCC)C(Cc2ccccc2)C(O)C(OCCOC)C(=O)NCC(C)C)c1. The summed E-state index contributed by atoms with van der Waals surface area (Å²) in [5, 5.41) is 17.6. The van der Waals surface area contributed by atoms with Crippen molar-refractivity contribution in [2.24, 2.45) is 5.92 Å². The Balaban J connectivity index is 2.54. The van der Waals surface area contributed by atoms with E-state index in [1.54, 1.807) is 23.1 Å². The highest BCUT2D eigenvalue weighted by Crippen LogP contribution is 2.22. The molecule has 3 unspecified atom stereocenters. The number of hydrogen-bond acceptors (Lipinski definition) is 6. The van der Waals surface area contributed by atoms with Gasteiger partial charge >= 0.3 is 0 Å². The van der Waals surface area contributed by atoms with Gasteiger partial charge in [-0.05, 0) is 61.4 Å². The Morgan fingerprint density at radius 1 is 0.952 bits per heavy atom. The number of nitrogens with zero attached hydrogens (tertiary/aromatic N) is 1. The van der Waals surface area contributed by atoms with E-state index in [-0.39, 0.29) is 30.9 Å². The van der Waals surface area contributed by atoms with E-state index < -0.39 is 24.2 Å². The molecule has 9 heteroatoms. The molecule has 2 aromatic rings. The van der Waals surface area contributed by atoms with Gasteiger partial charge in [-0.3, -0.25) is 14.4 Å². The van der Waals surface area contributed by atoms with Gasteiger partial charge in [0, 0.05) is 37.9 Å². The number of methoxy groups -OCH3 is 1. The molecule has 232 valence electrons. The molecule has 2 rings (SSSR count). The fourth-order valence-electron chi connectivity index (χ4n) is 4.67. The Morgan fingerprint density at radius 3 is 2.26 bits per heavy atom. The standard InChI is InChI=1S/C33H49N3O6/c1-7-14-34-31(38)26-18-24(5)19-27(21-26)33(40)36(15-8-2)28(20-25-12-10-9-11-13-25)29(37)30(42-17-16-41-6)32(39)35-22-23(3)4/h9-13,18-19,21,23,28-30,37H,7-8,14-17,20,22H2,1-6H3,(H,34,38)(H,35,39). The number of hydrogen-bond donors (Lipinski definition) is 3. The lowest BCUT2D eigenvalue weighted by atomic mass is 9.94. The third-order valence-corrected chi connectivity index (χ3v) is 6.77. The summed E-state index contributed by atoms with van der Waals surface area (Å²) in [6.45, 7) is 11.4. The van der Waals surface area contributed by atoms with Crippen LogP contribution in [0.1, 0.15) is 72.4 Å². The molecule has 3 atom stereocenters. The highest BCUT2D eigenvalue weighted by molar-refractivity contribution is 6.00. The van der Waals surface area contributed by atoms with Gasteiger partial charge in [0.15, 0.2) is 6.10 Å². The molecule has 0 spiro atoms. The topological polar surface area (TPSA) is 117 Å². The van der Waals surface area contributed by atoms with Gasteiger partial charge in [-0.2, -0.15) is 0 Å². The van der Waals surface area contributed by atoms with Gasteiger partial charge in [0.05, 0.1) is 19.3 Å². The molecular formula is C33H49N3O6. The van der Waals surface area contributed by atoms with E-state index in [0.29, 0.717) is 43.6 Å². The second kappa shape index (κ2) is 18.3. The quantitative estimate of drug-likeness (QED) is 0.230. The average Bonchev–Trinajstić information content (AvgIpc) is 2.98. The highest BCUT2D eigenvalue weighted by atomic mass is 16.5. The summed E-state index contributed by atoms with van der Waals surface area (Å²) in [5.74, 6) is -0.817. The third kappa shape index (κ3) is 10.9. The van der Waals surface area contributed by atoms with Gasteiger partial charge in [0.25, 0.3) is 17.7 Å². The maximum absolute atomic E-state index is 14.2. The normalized spacial score (nSPS) is 13.3. The van der Waals surface area contributed by atoms with Crippen LogP contribution < -0.4 is 10.6 Å². The lowest BCUT2D eigenvalue weighted by Gasteiger charge is -2.38. The fourth-order valence-corrected chi connectivity index (χ4v) is 4.67. The van der Waals surface area contributed by atoms with E-state index >= 15 is 0 Å². The first kappa shape index (κ1) is 34.9. The van der Waals surface area contributed by atoms with Crippen molar-refractivity contribution in [3.8, 4) is 0 Å². The van der Waals surface area contributed by atoms with E-state index in [1.807, 2.05) is 65.0 Å².